The minimum atomic E-state index is -0.574. The second-order valence-electron chi connectivity index (χ2n) is 5.75. The molecule has 0 unspecified atom stereocenters. The zero-order valence-corrected chi connectivity index (χ0v) is 14.3. The fourth-order valence-electron chi connectivity index (χ4n) is 2.74. The van der Waals surface area contributed by atoms with E-state index in [-0.39, 0.29) is 0 Å². The molecule has 3 N–H and O–H groups in total. The number of nitrogens with one attached hydrogen (secondary N) is 2. The van der Waals surface area contributed by atoms with Gasteiger partial charge in [0.2, 0.25) is 5.95 Å². The predicted octanol–water partition coefficient (Wildman–Crippen LogP) is 2.36. The van der Waals surface area contributed by atoms with Gasteiger partial charge in [-0.1, -0.05) is 0 Å². The Kier molecular flexibility index (Phi) is 4.19. The van der Waals surface area contributed by atoms with Crippen molar-refractivity contribution in [3.8, 4) is 11.4 Å². The molecule has 0 fully saturated rings. The summed E-state index contributed by atoms with van der Waals surface area (Å²) < 4.78 is 1.74. The van der Waals surface area contributed by atoms with E-state index < -0.39 is 5.91 Å². The van der Waals surface area contributed by atoms with Gasteiger partial charge in [-0.05, 0) is 49.4 Å². The molecule has 0 aliphatic carbocycles. The Morgan fingerprint density at radius 2 is 1.89 bits per heavy atom. The molecule has 0 bridgehead atoms. The highest BCUT2D eigenvalue weighted by Gasteiger charge is 2.14. The molecule has 3 aromatic heterocycles. The topological polar surface area (TPSA) is 117 Å². The number of aromatic nitrogens is 5. The SMILES string of the molecule is Cc1nc2cccnn2c1-c1ccnc(Nc2ccc(C(=O)NO)cc2)n1. The third-order valence-corrected chi connectivity index (χ3v) is 3.97. The van der Waals surface area contributed by atoms with Gasteiger partial charge >= 0.3 is 0 Å². The van der Waals surface area contributed by atoms with Crippen LogP contribution in [0.25, 0.3) is 17.0 Å². The lowest BCUT2D eigenvalue weighted by molar-refractivity contribution is 0.0706. The summed E-state index contributed by atoms with van der Waals surface area (Å²) in [5.41, 5.74) is 5.68. The summed E-state index contributed by atoms with van der Waals surface area (Å²) >= 11 is 0. The number of benzene rings is 1. The molecule has 0 spiro atoms. The van der Waals surface area contributed by atoms with Gasteiger partial charge in [-0.2, -0.15) is 5.10 Å². The summed E-state index contributed by atoms with van der Waals surface area (Å²) in [5.74, 6) is -0.174. The average molecular weight is 361 g/mol. The summed E-state index contributed by atoms with van der Waals surface area (Å²) in [5, 5.41) is 16.1. The molecular weight excluding hydrogens is 346 g/mol. The van der Waals surface area contributed by atoms with Crippen LogP contribution in [0.1, 0.15) is 16.1 Å². The molecule has 3 heterocycles. The van der Waals surface area contributed by atoms with Crippen molar-refractivity contribution in [2.75, 3.05) is 5.32 Å². The third-order valence-electron chi connectivity index (χ3n) is 3.97. The second kappa shape index (κ2) is 6.81. The van der Waals surface area contributed by atoms with Crippen molar-refractivity contribution in [3.63, 3.8) is 0 Å². The summed E-state index contributed by atoms with van der Waals surface area (Å²) in [6.07, 6.45) is 3.35. The Morgan fingerprint density at radius 1 is 1.07 bits per heavy atom. The first kappa shape index (κ1) is 16.6. The van der Waals surface area contributed by atoms with Crippen molar-refractivity contribution < 1.29 is 10.0 Å². The molecule has 0 saturated heterocycles. The van der Waals surface area contributed by atoms with Crippen molar-refractivity contribution >= 4 is 23.2 Å². The van der Waals surface area contributed by atoms with Gasteiger partial charge in [0.05, 0.1) is 11.4 Å². The minimum absolute atomic E-state index is 0.338. The lowest BCUT2D eigenvalue weighted by atomic mass is 10.2. The van der Waals surface area contributed by atoms with Crippen LogP contribution < -0.4 is 10.8 Å². The fraction of sp³-hybridized carbons (Fsp3) is 0.0556. The van der Waals surface area contributed by atoms with Gasteiger partial charge in [-0.15, -0.1) is 0 Å². The fourth-order valence-corrected chi connectivity index (χ4v) is 2.74. The zero-order chi connectivity index (χ0) is 18.8. The van der Waals surface area contributed by atoms with Crippen LogP contribution in [0.5, 0.6) is 0 Å². The predicted molar refractivity (Wildman–Crippen MR) is 97.7 cm³/mol. The number of amides is 1. The van der Waals surface area contributed by atoms with E-state index >= 15 is 0 Å². The van der Waals surface area contributed by atoms with Crippen LogP contribution >= 0.6 is 0 Å². The minimum Gasteiger partial charge on any atom is -0.324 e. The molecule has 4 rings (SSSR count). The van der Waals surface area contributed by atoms with Gasteiger partial charge in [0.15, 0.2) is 5.65 Å². The Balaban J connectivity index is 1.65. The van der Waals surface area contributed by atoms with Crippen LogP contribution in [-0.2, 0) is 0 Å². The van der Waals surface area contributed by atoms with Gasteiger partial charge < -0.3 is 5.32 Å². The van der Waals surface area contributed by atoms with Crippen molar-refractivity contribution in [2.24, 2.45) is 0 Å². The average Bonchev–Trinajstić information content (AvgIpc) is 3.04. The third kappa shape index (κ3) is 3.18. The van der Waals surface area contributed by atoms with Crippen molar-refractivity contribution in [1.82, 2.24) is 30.0 Å². The first-order chi connectivity index (χ1) is 13.2. The molecule has 0 aliphatic heterocycles. The number of hydrogen-bond donors (Lipinski definition) is 3. The summed E-state index contributed by atoms with van der Waals surface area (Å²) in [7, 11) is 0. The molecule has 1 amide bonds. The van der Waals surface area contributed by atoms with Crippen LogP contribution in [0.4, 0.5) is 11.6 Å². The highest BCUT2D eigenvalue weighted by molar-refractivity contribution is 5.93. The number of fused-ring (bicyclic) bond motifs is 1. The lowest BCUT2D eigenvalue weighted by Gasteiger charge is -2.07. The summed E-state index contributed by atoms with van der Waals surface area (Å²) in [4.78, 5) is 24.7. The Morgan fingerprint density at radius 3 is 2.67 bits per heavy atom. The number of imidazole rings is 1. The number of nitrogens with zero attached hydrogens (tertiary/aromatic N) is 5. The van der Waals surface area contributed by atoms with Crippen molar-refractivity contribution in [2.45, 2.75) is 6.92 Å². The van der Waals surface area contributed by atoms with Crippen LogP contribution in [-0.4, -0.2) is 35.7 Å². The number of aryl methyl sites for hydroxylation is 1. The van der Waals surface area contributed by atoms with E-state index in [4.69, 9.17) is 5.21 Å². The van der Waals surface area contributed by atoms with E-state index in [0.717, 1.165) is 17.0 Å². The maximum Gasteiger partial charge on any atom is 0.274 e. The first-order valence-electron chi connectivity index (χ1n) is 8.11. The monoisotopic (exact) mass is 361 g/mol. The summed E-state index contributed by atoms with van der Waals surface area (Å²) in [6.45, 7) is 1.91. The standard InChI is InChI=1S/C18H15N7O2/c1-11-16(25-15(21-11)3-2-9-20-25)14-8-10-19-18(23-14)22-13-6-4-12(5-7-13)17(26)24-27/h2-10,27H,1H3,(H,24,26)(H,19,22,23). The van der Waals surface area contributed by atoms with E-state index in [1.165, 1.54) is 0 Å². The quantitative estimate of drug-likeness (QED) is 0.377. The van der Waals surface area contributed by atoms with Crippen LogP contribution in [0.2, 0.25) is 0 Å². The van der Waals surface area contributed by atoms with Crippen molar-refractivity contribution in [3.05, 3.63) is 66.1 Å². The molecular formula is C18H15N7O2. The number of carbonyl (C=O) groups excluding carboxylic acids is 1. The molecule has 0 radical (unpaired) electrons. The van der Waals surface area contributed by atoms with E-state index in [2.05, 4.69) is 25.4 Å². The lowest BCUT2D eigenvalue weighted by Crippen LogP contribution is -2.18. The summed E-state index contributed by atoms with van der Waals surface area (Å²) in [6, 6.07) is 12.1. The molecule has 0 saturated carbocycles. The number of rotatable bonds is 4. The maximum absolute atomic E-state index is 11.4. The van der Waals surface area contributed by atoms with E-state index in [1.807, 2.05) is 19.1 Å². The molecule has 1 aromatic carbocycles. The van der Waals surface area contributed by atoms with E-state index in [0.29, 0.717) is 22.9 Å². The van der Waals surface area contributed by atoms with Gasteiger partial charge in [-0.25, -0.2) is 24.9 Å². The molecule has 0 aliphatic rings. The Labute approximate surface area is 153 Å². The zero-order valence-electron chi connectivity index (χ0n) is 14.3. The molecule has 9 heteroatoms. The molecule has 134 valence electrons. The first-order valence-corrected chi connectivity index (χ1v) is 8.11. The Hall–Kier alpha value is -3.85. The largest absolute Gasteiger partial charge is 0.324 e. The molecule has 9 nitrogen and oxygen atoms in total. The van der Waals surface area contributed by atoms with E-state index in [1.54, 1.807) is 52.7 Å². The molecule has 27 heavy (non-hydrogen) atoms. The molecule has 0 atom stereocenters. The normalized spacial score (nSPS) is 10.7. The highest BCUT2D eigenvalue weighted by atomic mass is 16.5. The number of hydrogen-bond acceptors (Lipinski definition) is 7. The number of carbonyl (C=O) groups is 1. The van der Waals surface area contributed by atoms with Gasteiger partial charge in [0, 0.05) is 23.6 Å². The maximum atomic E-state index is 11.4. The van der Waals surface area contributed by atoms with Gasteiger partial charge in [0.25, 0.3) is 5.91 Å². The Bertz CT molecular complexity index is 1120. The van der Waals surface area contributed by atoms with Crippen molar-refractivity contribution in [1.29, 1.82) is 0 Å². The smallest absolute Gasteiger partial charge is 0.274 e. The van der Waals surface area contributed by atoms with Gasteiger partial charge in [-0.3, -0.25) is 10.0 Å². The van der Waals surface area contributed by atoms with Crippen LogP contribution in [0.15, 0.2) is 54.9 Å². The highest BCUT2D eigenvalue weighted by Crippen LogP contribution is 2.23. The van der Waals surface area contributed by atoms with Crippen LogP contribution in [0, 0.1) is 6.92 Å². The number of anilines is 2. The van der Waals surface area contributed by atoms with Crippen LogP contribution in [0.3, 0.4) is 0 Å². The number of hydroxylamine groups is 1. The second-order valence-corrected chi connectivity index (χ2v) is 5.75. The van der Waals surface area contributed by atoms with E-state index in [9.17, 15) is 4.79 Å². The molecule has 4 aromatic rings. The van der Waals surface area contributed by atoms with Gasteiger partial charge in [0.1, 0.15) is 5.69 Å².